The second-order valence-electron chi connectivity index (χ2n) is 9.09. The van der Waals surface area contributed by atoms with Gasteiger partial charge in [0.1, 0.15) is 0 Å². The van der Waals surface area contributed by atoms with E-state index in [1.54, 1.807) is 0 Å². The molecule has 6 nitrogen and oxygen atoms in total. The topological polar surface area (TPSA) is 64.7 Å². The molecule has 0 spiro atoms. The van der Waals surface area contributed by atoms with E-state index in [1.165, 1.54) is 17.7 Å². The highest BCUT2D eigenvalue weighted by molar-refractivity contribution is 6.35. The van der Waals surface area contributed by atoms with Crippen molar-refractivity contribution in [1.29, 1.82) is 0 Å². The Hall–Kier alpha value is -3.02. The van der Waals surface area contributed by atoms with Crippen molar-refractivity contribution in [2.24, 2.45) is 0 Å². The monoisotopic (exact) mass is 434 g/mol. The summed E-state index contributed by atoms with van der Waals surface area (Å²) in [5.41, 5.74) is 4.78. The number of carbonyl (C=O) groups is 2. The standard InChI is InChI=1S/C26H34N4O2/c1-29(2)22-14-12-20(13-15-22)24(30-17-16-19-8-6-7-11-23(19)30)18-27-25(31)26(32)28-21-9-4-3-5-10-21/h6-8,11-15,21,24H,3-5,9-10,16-18H2,1-2H3,(H,27,31)(H,28,32)/t24-/m1/s1. The van der Waals surface area contributed by atoms with Crippen molar-refractivity contribution in [3.63, 3.8) is 0 Å². The molecular formula is C26H34N4O2. The van der Waals surface area contributed by atoms with E-state index in [0.717, 1.165) is 49.9 Å². The van der Waals surface area contributed by atoms with Gasteiger partial charge < -0.3 is 20.4 Å². The first-order chi connectivity index (χ1) is 15.5. The highest BCUT2D eigenvalue weighted by Gasteiger charge is 2.28. The van der Waals surface area contributed by atoms with E-state index in [4.69, 9.17) is 0 Å². The predicted octanol–water partition coefficient (Wildman–Crippen LogP) is 3.42. The van der Waals surface area contributed by atoms with Crippen LogP contribution in [0.5, 0.6) is 0 Å². The van der Waals surface area contributed by atoms with Crippen molar-refractivity contribution in [2.75, 3.05) is 37.0 Å². The minimum absolute atomic E-state index is 0.0405. The molecule has 0 radical (unpaired) electrons. The number of anilines is 2. The Labute approximate surface area is 191 Å². The molecule has 2 aliphatic rings. The molecule has 6 heteroatoms. The lowest BCUT2D eigenvalue weighted by atomic mass is 9.95. The summed E-state index contributed by atoms with van der Waals surface area (Å²) < 4.78 is 0. The molecule has 1 fully saturated rings. The Balaban J connectivity index is 1.48. The lowest BCUT2D eigenvalue weighted by molar-refractivity contribution is -0.139. The van der Waals surface area contributed by atoms with Crippen LogP contribution in [0.1, 0.15) is 49.3 Å². The van der Waals surface area contributed by atoms with E-state index >= 15 is 0 Å². The van der Waals surface area contributed by atoms with Gasteiger partial charge in [-0.05, 0) is 48.6 Å². The van der Waals surface area contributed by atoms with Crippen LogP contribution < -0.4 is 20.4 Å². The molecule has 2 N–H and O–H groups in total. The Kier molecular flexibility index (Phi) is 6.98. The smallest absolute Gasteiger partial charge is 0.309 e. The molecule has 32 heavy (non-hydrogen) atoms. The zero-order valence-electron chi connectivity index (χ0n) is 19.1. The van der Waals surface area contributed by atoms with Crippen LogP contribution >= 0.6 is 0 Å². The largest absolute Gasteiger partial charge is 0.378 e. The van der Waals surface area contributed by atoms with Crippen LogP contribution in [0, 0.1) is 0 Å². The molecule has 0 bridgehead atoms. The summed E-state index contributed by atoms with van der Waals surface area (Å²) in [6.45, 7) is 1.27. The normalized spacial score (nSPS) is 16.9. The maximum atomic E-state index is 12.6. The number of para-hydroxylation sites is 1. The van der Waals surface area contributed by atoms with E-state index < -0.39 is 11.8 Å². The number of rotatable bonds is 6. The quantitative estimate of drug-likeness (QED) is 0.684. The third-order valence-corrected chi connectivity index (χ3v) is 6.70. The second kappa shape index (κ2) is 10.1. The Morgan fingerprint density at radius 1 is 1.00 bits per heavy atom. The fraction of sp³-hybridized carbons (Fsp3) is 0.462. The van der Waals surface area contributed by atoms with Crippen molar-refractivity contribution in [3.8, 4) is 0 Å². The van der Waals surface area contributed by atoms with Gasteiger partial charge in [0.25, 0.3) is 0 Å². The fourth-order valence-electron chi connectivity index (χ4n) is 4.86. The zero-order chi connectivity index (χ0) is 22.5. The van der Waals surface area contributed by atoms with Crippen LogP contribution in [0.3, 0.4) is 0 Å². The van der Waals surface area contributed by atoms with E-state index in [1.807, 2.05) is 14.1 Å². The summed E-state index contributed by atoms with van der Waals surface area (Å²) >= 11 is 0. The van der Waals surface area contributed by atoms with Gasteiger partial charge in [0, 0.05) is 44.6 Å². The van der Waals surface area contributed by atoms with Gasteiger partial charge in [-0.25, -0.2) is 0 Å². The van der Waals surface area contributed by atoms with Gasteiger partial charge in [0.2, 0.25) is 0 Å². The molecule has 2 aromatic rings. The average Bonchev–Trinajstić information content (AvgIpc) is 3.24. The molecule has 0 unspecified atom stereocenters. The van der Waals surface area contributed by atoms with Gasteiger partial charge in [-0.2, -0.15) is 0 Å². The Bertz CT molecular complexity index is 935. The minimum atomic E-state index is -0.544. The Morgan fingerprint density at radius 2 is 1.72 bits per heavy atom. The first-order valence-corrected chi connectivity index (χ1v) is 11.7. The predicted molar refractivity (Wildman–Crippen MR) is 129 cm³/mol. The Morgan fingerprint density at radius 3 is 2.44 bits per heavy atom. The van der Waals surface area contributed by atoms with E-state index in [9.17, 15) is 9.59 Å². The number of benzene rings is 2. The number of carbonyl (C=O) groups excluding carboxylic acids is 2. The number of nitrogens with one attached hydrogen (secondary N) is 2. The minimum Gasteiger partial charge on any atom is -0.378 e. The fourth-order valence-corrected chi connectivity index (χ4v) is 4.86. The summed E-state index contributed by atoms with van der Waals surface area (Å²) in [6, 6.07) is 17.0. The number of hydrogen-bond donors (Lipinski definition) is 2. The molecular weight excluding hydrogens is 400 g/mol. The van der Waals surface area contributed by atoms with Crippen molar-refractivity contribution in [1.82, 2.24) is 10.6 Å². The SMILES string of the molecule is CN(C)c1ccc([C@@H](CNC(=O)C(=O)NC2CCCCC2)N2CCc3ccccc32)cc1. The molecule has 1 heterocycles. The van der Waals surface area contributed by atoms with Crippen LogP contribution in [0.2, 0.25) is 0 Å². The number of amides is 2. The lowest BCUT2D eigenvalue weighted by Gasteiger charge is -2.31. The van der Waals surface area contributed by atoms with E-state index in [-0.39, 0.29) is 12.1 Å². The van der Waals surface area contributed by atoms with Gasteiger partial charge in [0.15, 0.2) is 0 Å². The van der Waals surface area contributed by atoms with Gasteiger partial charge in [-0.3, -0.25) is 9.59 Å². The highest BCUT2D eigenvalue weighted by atomic mass is 16.2. The highest BCUT2D eigenvalue weighted by Crippen LogP contribution is 2.35. The lowest BCUT2D eigenvalue weighted by Crippen LogP contribution is -2.47. The van der Waals surface area contributed by atoms with Gasteiger partial charge in [-0.1, -0.05) is 49.6 Å². The van der Waals surface area contributed by atoms with Crippen molar-refractivity contribution < 1.29 is 9.59 Å². The zero-order valence-corrected chi connectivity index (χ0v) is 19.1. The van der Waals surface area contributed by atoms with Gasteiger partial charge in [-0.15, -0.1) is 0 Å². The van der Waals surface area contributed by atoms with E-state index in [2.05, 4.69) is 69.0 Å². The summed E-state index contributed by atoms with van der Waals surface area (Å²) in [7, 11) is 4.04. The van der Waals surface area contributed by atoms with Gasteiger partial charge in [0.05, 0.1) is 6.04 Å². The van der Waals surface area contributed by atoms with E-state index in [0.29, 0.717) is 6.54 Å². The van der Waals surface area contributed by atoms with Crippen LogP contribution in [0.15, 0.2) is 48.5 Å². The van der Waals surface area contributed by atoms with Gasteiger partial charge >= 0.3 is 11.8 Å². The number of hydrogen-bond acceptors (Lipinski definition) is 4. The third-order valence-electron chi connectivity index (χ3n) is 6.70. The first-order valence-electron chi connectivity index (χ1n) is 11.7. The molecule has 1 saturated carbocycles. The summed E-state index contributed by atoms with van der Waals surface area (Å²) in [4.78, 5) is 29.5. The van der Waals surface area contributed by atoms with Crippen LogP contribution in [-0.2, 0) is 16.0 Å². The molecule has 0 saturated heterocycles. The molecule has 1 aliphatic heterocycles. The average molecular weight is 435 g/mol. The molecule has 170 valence electrons. The number of nitrogens with zero attached hydrogens (tertiary/aromatic N) is 2. The van der Waals surface area contributed by atoms with Crippen molar-refractivity contribution in [3.05, 3.63) is 59.7 Å². The van der Waals surface area contributed by atoms with Crippen LogP contribution in [0.25, 0.3) is 0 Å². The van der Waals surface area contributed by atoms with Crippen molar-refractivity contribution >= 4 is 23.2 Å². The first kappa shape index (κ1) is 22.2. The third kappa shape index (κ3) is 5.06. The summed E-state index contributed by atoms with van der Waals surface area (Å²) in [5.74, 6) is -1.06. The molecule has 2 aromatic carbocycles. The second-order valence-corrected chi connectivity index (χ2v) is 9.09. The molecule has 1 aliphatic carbocycles. The number of fused-ring (bicyclic) bond motifs is 1. The maximum absolute atomic E-state index is 12.6. The van der Waals surface area contributed by atoms with Crippen LogP contribution in [-0.4, -0.2) is 45.0 Å². The van der Waals surface area contributed by atoms with Crippen LogP contribution in [0.4, 0.5) is 11.4 Å². The summed E-state index contributed by atoms with van der Waals surface area (Å²) in [6.07, 6.45) is 6.36. The molecule has 0 aromatic heterocycles. The maximum Gasteiger partial charge on any atom is 0.309 e. The summed E-state index contributed by atoms with van der Waals surface area (Å²) in [5, 5.41) is 5.83. The molecule has 1 atom stereocenters. The van der Waals surface area contributed by atoms with Crippen molar-refractivity contribution in [2.45, 2.75) is 50.6 Å². The molecule has 2 amide bonds. The molecule has 4 rings (SSSR count).